The molecule has 0 aliphatic heterocycles. The molecule has 1 aromatic rings. The third kappa shape index (κ3) is 3.67. The van der Waals surface area contributed by atoms with E-state index in [1.165, 1.54) is 5.19 Å². The van der Waals surface area contributed by atoms with Crippen LogP contribution in [-0.4, -0.2) is 20.8 Å². The van der Waals surface area contributed by atoms with Crippen molar-refractivity contribution >= 4 is 13.7 Å². The third-order valence-corrected chi connectivity index (χ3v) is 7.06. The predicted octanol–water partition coefficient (Wildman–Crippen LogP) is 3.60. The highest BCUT2D eigenvalue weighted by Crippen LogP contribution is 2.26. The molecule has 18 heavy (non-hydrogen) atoms. The van der Waals surface area contributed by atoms with Gasteiger partial charge >= 0.3 is 8.56 Å². The minimum atomic E-state index is -2.38. The Kier molecular flexibility index (Phi) is 5.57. The lowest BCUT2D eigenvalue weighted by atomic mass is 10.4. The van der Waals surface area contributed by atoms with E-state index in [2.05, 4.69) is 65.8 Å². The van der Waals surface area contributed by atoms with Crippen LogP contribution in [0.4, 0.5) is 0 Å². The monoisotopic (exact) mass is 266 g/mol. The molecule has 0 heterocycles. The first kappa shape index (κ1) is 15.4. The van der Waals surface area contributed by atoms with Crippen LogP contribution in [0.5, 0.6) is 0 Å². The molecule has 0 radical (unpaired) electrons. The highest BCUT2D eigenvalue weighted by atomic mass is 28.4. The summed E-state index contributed by atoms with van der Waals surface area (Å²) in [6.07, 6.45) is 0.357. The lowest BCUT2D eigenvalue weighted by Gasteiger charge is -2.37. The van der Waals surface area contributed by atoms with Gasteiger partial charge in [-0.05, 0) is 32.9 Å². The van der Waals surface area contributed by atoms with Crippen molar-refractivity contribution in [2.24, 2.45) is 0 Å². The van der Waals surface area contributed by atoms with E-state index in [0.717, 1.165) is 0 Å². The van der Waals surface area contributed by atoms with Gasteiger partial charge in [0.2, 0.25) is 0 Å². The summed E-state index contributed by atoms with van der Waals surface area (Å²) in [6.45, 7) is 12.7. The second-order valence-electron chi connectivity index (χ2n) is 5.52. The lowest BCUT2D eigenvalue weighted by Crippen LogP contribution is -2.58. The van der Waals surface area contributed by atoms with Crippen LogP contribution in [0.15, 0.2) is 30.3 Å². The van der Waals surface area contributed by atoms with Crippen molar-refractivity contribution in [1.29, 1.82) is 0 Å². The molecular weight excluding hydrogens is 240 g/mol. The van der Waals surface area contributed by atoms with Crippen molar-refractivity contribution in [2.75, 3.05) is 0 Å². The molecule has 0 aliphatic rings. The maximum atomic E-state index is 6.31. The van der Waals surface area contributed by atoms with Gasteiger partial charge in [-0.1, -0.05) is 44.2 Å². The molecule has 0 saturated heterocycles. The van der Waals surface area contributed by atoms with E-state index >= 15 is 0 Å². The number of hydrogen-bond acceptors (Lipinski definition) is 2. The summed E-state index contributed by atoms with van der Waals surface area (Å²) in [5.41, 5.74) is 0.379. The van der Waals surface area contributed by atoms with Crippen molar-refractivity contribution < 1.29 is 8.85 Å². The van der Waals surface area contributed by atoms with Crippen LogP contribution in [0, 0.1) is 0 Å². The van der Waals surface area contributed by atoms with E-state index in [4.69, 9.17) is 8.85 Å². The average molecular weight is 266 g/mol. The Balaban J connectivity index is 3.20. The van der Waals surface area contributed by atoms with Crippen molar-refractivity contribution in [2.45, 2.75) is 59.3 Å². The van der Waals surface area contributed by atoms with Crippen molar-refractivity contribution in [3.8, 4) is 0 Å². The molecule has 0 atom stereocenters. The summed E-state index contributed by atoms with van der Waals surface area (Å²) < 4.78 is 12.6. The van der Waals surface area contributed by atoms with Crippen LogP contribution in [-0.2, 0) is 8.85 Å². The van der Waals surface area contributed by atoms with E-state index in [-0.39, 0.29) is 12.2 Å². The Hall–Kier alpha value is -0.643. The minimum Gasteiger partial charge on any atom is -0.388 e. The zero-order chi connectivity index (χ0) is 13.8. The Morgan fingerprint density at radius 3 is 1.56 bits per heavy atom. The van der Waals surface area contributed by atoms with Gasteiger partial charge in [-0.3, -0.25) is 0 Å². The Bertz CT molecular complexity index is 337. The van der Waals surface area contributed by atoms with Crippen LogP contribution >= 0.6 is 0 Å². The first-order chi connectivity index (χ1) is 8.38. The van der Waals surface area contributed by atoms with Crippen LogP contribution in [0.3, 0.4) is 0 Å². The van der Waals surface area contributed by atoms with Crippen LogP contribution in [0.25, 0.3) is 0 Å². The summed E-state index contributed by atoms with van der Waals surface area (Å²) in [6, 6.07) is 10.4. The van der Waals surface area contributed by atoms with Crippen molar-refractivity contribution in [3.63, 3.8) is 0 Å². The van der Waals surface area contributed by atoms with Gasteiger partial charge in [0.05, 0.1) is 0 Å². The second-order valence-corrected chi connectivity index (χ2v) is 9.06. The van der Waals surface area contributed by atoms with Gasteiger partial charge in [-0.2, -0.15) is 0 Å². The van der Waals surface area contributed by atoms with Gasteiger partial charge in [-0.25, -0.2) is 0 Å². The number of rotatable bonds is 6. The first-order valence-electron chi connectivity index (χ1n) is 6.79. The molecule has 102 valence electrons. The Morgan fingerprint density at radius 2 is 1.22 bits per heavy atom. The summed E-state index contributed by atoms with van der Waals surface area (Å²) >= 11 is 0. The molecule has 1 aromatic carbocycles. The van der Waals surface area contributed by atoms with Gasteiger partial charge < -0.3 is 8.85 Å². The predicted molar refractivity (Wildman–Crippen MR) is 79.4 cm³/mol. The fraction of sp³-hybridized carbons (Fsp3) is 0.600. The zero-order valence-corrected chi connectivity index (χ0v) is 13.4. The molecule has 0 unspecified atom stereocenters. The summed E-state index contributed by atoms with van der Waals surface area (Å²) in [4.78, 5) is 0. The van der Waals surface area contributed by atoms with E-state index in [0.29, 0.717) is 5.54 Å². The molecule has 0 saturated carbocycles. The number of benzene rings is 1. The first-order valence-corrected chi connectivity index (χ1v) is 8.69. The van der Waals surface area contributed by atoms with Crippen LogP contribution < -0.4 is 5.19 Å². The van der Waals surface area contributed by atoms with E-state index < -0.39 is 8.56 Å². The average Bonchev–Trinajstić information content (AvgIpc) is 2.27. The minimum absolute atomic E-state index is 0.179. The maximum Gasteiger partial charge on any atom is 0.375 e. The maximum absolute atomic E-state index is 6.31. The second kappa shape index (κ2) is 6.50. The van der Waals surface area contributed by atoms with Gasteiger partial charge in [0.1, 0.15) is 0 Å². The third-order valence-electron chi connectivity index (χ3n) is 2.76. The molecule has 0 N–H and O–H groups in total. The molecule has 0 spiro atoms. The molecule has 0 aliphatic carbocycles. The summed E-state index contributed by atoms with van der Waals surface area (Å²) in [5.74, 6) is 0. The standard InChI is InChI=1S/C15H26O2Si/c1-12(2)16-18(14(5)6,17-13(3)4)15-10-8-7-9-11-15/h7-14H,1-6H3. The molecule has 0 aromatic heterocycles. The highest BCUT2D eigenvalue weighted by molar-refractivity contribution is 6.82. The smallest absolute Gasteiger partial charge is 0.375 e. The Labute approximate surface area is 113 Å². The molecule has 2 nitrogen and oxygen atoms in total. The molecule has 0 amide bonds. The SMILES string of the molecule is CC(C)O[Si](OC(C)C)(c1ccccc1)C(C)C. The fourth-order valence-electron chi connectivity index (χ4n) is 2.14. The molecule has 0 bridgehead atoms. The molecular formula is C15H26O2Si. The van der Waals surface area contributed by atoms with Crippen molar-refractivity contribution in [3.05, 3.63) is 30.3 Å². The Morgan fingerprint density at radius 1 is 0.778 bits per heavy atom. The summed E-state index contributed by atoms with van der Waals surface area (Å²) in [5, 5.41) is 1.22. The van der Waals surface area contributed by atoms with Crippen molar-refractivity contribution in [1.82, 2.24) is 0 Å². The summed E-state index contributed by atoms with van der Waals surface area (Å²) in [7, 11) is -2.38. The van der Waals surface area contributed by atoms with Gasteiger partial charge in [-0.15, -0.1) is 0 Å². The largest absolute Gasteiger partial charge is 0.388 e. The van der Waals surface area contributed by atoms with Gasteiger partial charge in [0, 0.05) is 17.7 Å². The lowest BCUT2D eigenvalue weighted by molar-refractivity contribution is 0.109. The van der Waals surface area contributed by atoms with Crippen LogP contribution in [0.2, 0.25) is 5.54 Å². The van der Waals surface area contributed by atoms with E-state index in [9.17, 15) is 0 Å². The molecule has 1 rings (SSSR count). The fourth-order valence-corrected chi connectivity index (χ4v) is 5.74. The molecule has 3 heteroatoms. The van der Waals surface area contributed by atoms with E-state index in [1.807, 2.05) is 6.07 Å². The van der Waals surface area contributed by atoms with Crippen LogP contribution in [0.1, 0.15) is 41.5 Å². The number of hydrogen-bond donors (Lipinski definition) is 0. The van der Waals surface area contributed by atoms with Gasteiger partial charge in [0.15, 0.2) is 0 Å². The zero-order valence-electron chi connectivity index (χ0n) is 12.4. The molecule has 0 fully saturated rings. The van der Waals surface area contributed by atoms with E-state index in [1.54, 1.807) is 0 Å². The normalized spacial score (nSPS) is 12.7. The van der Waals surface area contributed by atoms with Gasteiger partial charge in [0.25, 0.3) is 0 Å². The highest BCUT2D eigenvalue weighted by Gasteiger charge is 2.45. The topological polar surface area (TPSA) is 18.5 Å². The quantitative estimate of drug-likeness (QED) is 0.733.